The van der Waals surface area contributed by atoms with E-state index in [-0.39, 0.29) is 30.8 Å². The summed E-state index contributed by atoms with van der Waals surface area (Å²) in [5, 5.41) is 5.19. The van der Waals surface area contributed by atoms with E-state index in [1.807, 2.05) is 19.1 Å². The maximum atomic E-state index is 12.8. The van der Waals surface area contributed by atoms with Gasteiger partial charge in [0, 0.05) is 6.54 Å². The summed E-state index contributed by atoms with van der Waals surface area (Å²) in [6, 6.07) is 13.5. The van der Waals surface area contributed by atoms with Crippen molar-refractivity contribution in [3.63, 3.8) is 0 Å². The summed E-state index contributed by atoms with van der Waals surface area (Å²) in [7, 11) is 0. The van der Waals surface area contributed by atoms with Crippen LogP contribution in [0.25, 0.3) is 0 Å². The molecule has 0 unspecified atom stereocenters. The second-order valence-electron chi connectivity index (χ2n) is 5.60. The summed E-state index contributed by atoms with van der Waals surface area (Å²) < 4.78 is 18.1. The van der Waals surface area contributed by atoms with E-state index in [2.05, 4.69) is 10.6 Å². The number of nitrogens with one attached hydrogen (secondary N) is 2. The largest absolute Gasteiger partial charge is 0.484 e. The predicted molar refractivity (Wildman–Crippen MR) is 92.8 cm³/mol. The van der Waals surface area contributed by atoms with Crippen LogP contribution in [0.5, 0.6) is 5.75 Å². The Balaban J connectivity index is 1.59. The molecule has 0 saturated carbocycles. The third-order valence-electron chi connectivity index (χ3n) is 3.49. The van der Waals surface area contributed by atoms with Crippen molar-refractivity contribution in [3.8, 4) is 5.75 Å². The highest BCUT2D eigenvalue weighted by molar-refractivity contribution is 5.85. The molecule has 0 aromatic heterocycles. The van der Waals surface area contributed by atoms with E-state index in [0.29, 0.717) is 18.7 Å². The standard InChI is InChI=1S/C19H21FN2O3/c1-14-2-8-17(9-3-14)25-13-19(24)22-12-18(23)21-11-10-15-4-6-16(20)7-5-15/h2-9H,10-13H2,1H3,(H,21,23)(H,22,24). The zero-order valence-corrected chi connectivity index (χ0v) is 14.0. The summed E-state index contributed by atoms with van der Waals surface area (Å²) in [5.41, 5.74) is 2.03. The van der Waals surface area contributed by atoms with Crippen molar-refractivity contribution in [3.05, 3.63) is 65.5 Å². The van der Waals surface area contributed by atoms with Crippen molar-refractivity contribution in [2.24, 2.45) is 0 Å². The van der Waals surface area contributed by atoms with Gasteiger partial charge < -0.3 is 15.4 Å². The van der Waals surface area contributed by atoms with Crippen LogP contribution in [0.2, 0.25) is 0 Å². The molecule has 0 aliphatic heterocycles. The lowest BCUT2D eigenvalue weighted by Crippen LogP contribution is -2.39. The van der Waals surface area contributed by atoms with E-state index in [1.165, 1.54) is 12.1 Å². The monoisotopic (exact) mass is 344 g/mol. The number of aryl methyl sites for hydroxylation is 1. The number of halogens is 1. The molecule has 0 aliphatic rings. The number of ether oxygens (including phenoxy) is 1. The third-order valence-corrected chi connectivity index (χ3v) is 3.49. The molecular formula is C19H21FN2O3. The van der Waals surface area contributed by atoms with Crippen LogP contribution in [0.4, 0.5) is 4.39 Å². The lowest BCUT2D eigenvalue weighted by atomic mass is 10.1. The third kappa shape index (κ3) is 7.03. The lowest BCUT2D eigenvalue weighted by molar-refractivity contribution is -0.127. The van der Waals surface area contributed by atoms with Gasteiger partial charge in [0.1, 0.15) is 11.6 Å². The Hall–Kier alpha value is -2.89. The van der Waals surface area contributed by atoms with Crippen LogP contribution in [0.1, 0.15) is 11.1 Å². The predicted octanol–water partition coefficient (Wildman–Crippen LogP) is 1.99. The Morgan fingerprint density at radius 3 is 2.32 bits per heavy atom. The molecule has 2 aromatic rings. The number of rotatable bonds is 8. The smallest absolute Gasteiger partial charge is 0.258 e. The van der Waals surface area contributed by atoms with E-state index in [0.717, 1.165) is 11.1 Å². The lowest BCUT2D eigenvalue weighted by Gasteiger charge is -2.08. The molecule has 132 valence electrons. The van der Waals surface area contributed by atoms with Crippen molar-refractivity contribution >= 4 is 11.8 Å². The van der Waals surface area contributed by atoms with Crippen molar-refractivity contribution in [2.75, 3.05) is 19.7 Å². The molecule has 2 amide bonds. The number of amides is 2. The van der Waals surface area contributed by atoms with Gasteiger partial charge in [-0.25, -0.2) is 4.39 Å². The summed E-state index contributed by atoms with van der Waals surface area (Å²) >= 11 is 0. The molecule has 0 bridgehead atoms. The van der Waals surface area contributed by atoms with Gasteiger partial charge in [0.25, 0.3) is 5.91 Å². The fourth-order valence-electron chi connectivity index (χ4n) is 2.07. The first-order chi connectivity index (χ1) is 12.0. The van der Waals surface area contributed by atoms with E-state index in [4.69, 9.17) is 4.74 Å². The molecule has 0 spiro atoms. The average molecular weight is 344 g/mol. The molecular weight excluding hydrogens is 323 g/mol. The second-order valence-corrected chi connectivity index (χ2v) is 5.60. The number of hydrogen-bond acceptors (Lipinski definition) is 3. The normalized spacial score (nSPS) is 10.2. The minimum Gasteiger partial charge on any atom is -0.484 e. The van der Waals surface area contributed by atoms with Crippen molar-refractivity contribution in [2.45, 2.75) is 13.3 Å². The maximum Gasteiger partial charge on any atom is 0.258 e. The van der Waals surface area contributed by atoms with Gasteiger partial charge >= 0.3 is 0 Å². The first-order valence-corrected chi connectivity index (χ1v) is 8.00. The van der Waals surface area contributed by atoms with Crippen LogP contribution in [0, 0.1) is 12.7 Å². The van der Waals surface area contributed by atoms with Gasteiger partial charge in [-0.05, 0) is 43.2 Å². The number of carbonyl (C=O) groups excluding carboxylic acids is 2. The van der Waals surface area contributed by atoms with Gasteiger partial charge in [-0.1, -0.05) is 29.8 Å². The summed E-state index contributed by atoms with van der Waals surface area (Å²) in [6.07, 6.45) is 0.594. The molecule has 0 radical (unpaired) electrons. The summed E-state index contributed by atoms with van der Waals surface area (Å²) in [6.45, 7) is 2.12. The van der Waals surface area contributed by atoms with Gasteiger partial charge in [0.05, 0.1) is 6.54 Å². The van der Waals surface area contributed by atoms with Crippen LogP contribution in [0.15, 0.2) is 48.5 Å². The molecule has 0 saturated heterocycles. The fraction of sp³-hybridized carbons (Fsp3) is 0.263. The molecule has 25 heavy (non-hydrogen) atoms. The van der Waals surface area contributed by atoms with Crippen LogP contribution in [-0.2, 0) is 16.0 Å². The molecule has 2 N–H and O–H groups in total. The first-order valence-electron chi connectivity index (χ1n) is 8.00. The molecule has 0 fully saturated rings. The Morgan fingerprint density at radius 1 is 0.960 bits per heavy atom. The van der Waals surface area contributed by atoms with Crippen molar-refractivity contribution < 1.29 is 18.7 Å². The maximum absolute atomic E-state index is 12.8. The highest BCUT2D eigenvalue weighted by Gasteiger charge is 2.06. The molecule has 0 aliphatic carbocycles. The Morgan fingerprint density at radius 2 is 1.64 bits per heavy atom. The number of hydrogen-bond donors (Lipinski definition) is 2. The van der Waals surface area contributed by atoms with Gasteiger partial charge in [-0.2, -0.15) is 0 Å². The molecule has 5 nitrogen and oxygen atoms in total. The molecule has 0 atom stereocenters. The van der Waals surface area contributed by atoms with Crippen LogP contribution >= 0.6 is 0 Å². The summed E-state index contributed by atoms with van der Waals surface area (Å²) in [4.78, 5) is 23.3. The second kappa shape index (κ2) is 9.42. The van der Waals surface area contributed by atoms with Crippen molar-refractivity contribution in [1.29, 1.82) is 0 Å². The Bertz CT molecular complexity index is 700. The van der Waals surface area contributed by atoms with Gasteiger partial charge in [0.15, 0.2) is 6.61 Å². The molecule has 2 aromatic carbocycles. The van der Waals surface area contributed by atoms with Crippen LogP contribution in [-0.4, -0.2) is 31.5 Å². The number of benzene rings is 2. The Labute approximate surface area is 146 Å². The van der Waals surface area contributed by atoms with E-state index in [9.17, 15) is 14.0 Å². The number of carbonyl (C=O) groups is 2. The average Bonchev–Trinajstić information content (AvgIpc) is 2.61. The zero-order chi connectivity index (χ0) is 18.1. The van der Waals surface area contributed by atoms with E-state index in [1.54, 1.807) is 24.3 Å². The highest BCUT2D eigenvalue weighted by atomic mass is 19.1. The van der Waals surface area contributed by atoms with Gasteiger partial charge in [-0.3, -0.25) is 9.59 Å². The minimum atomic E-state index is -0.366. The SMILES string of the molecule is Cc1ccc(OCC(=O)NCC(=O)NCCc2ccc(F)cc2)cc1. The quantitative estimate of drug-likeness (QED) is 0.770. The topological polar surface area (TPSA) is 67.4 Å². The van der Waals surface area contributed by atoms with Crippen LogP contribution < -0.4 is 15.4 Å². The van der Waals surface area contributed by atoms with Gasteiger partial charge in [0.2, 0.25) is 5.91 Å². The summed E-state index contributed by atoms with van der Waals surface area (Å²) in [5.74, 6) is -0.340. The molecule has 2 rings (SSSR count). The Kier molecular flexibility index (Phi) is 6.95. The highest BCUT2D eigenvalue weighted by Crippen LogP contribution is 2.10. The fourth-order valence-corrected chi connectivity index (χ4v) is 2.07. The van der Waals surface area contributed by atoms with E-state index < -0.39 is 0 Å². The van der Waals surface area contributed by atoms with Gasteiger partial charge in [-0.15, -0.1) is 0 Å². The van der Waals surface area contributed by atoms with Crippen molar-refractivity contribution in [1.82, 2.24) is 10.6 Å². The molecule has 0 heterocycles. The minimum absolute atomic E-state index is 0.112. The zero-order valence-electron chi connectivity index (χ0n) is 14.0. The van der Waals surface area contributed by atoms with Crippen LogP contribution in [0.3, 0.4) is 0 Å². The first kappa shape index (κ1) is 18.4. The van der Waals surface area contributed by atoms with E-state index >= 15 is 0 Å². The molecule has 6 heteroatoms.